The van der Waals surface area contributed by atoms with Gasteiger partial charge in [-0.1, -0.05) is 24.3 Å². The van der Waals surface area contributed by atoms with Crippen LogP contribution in [-0.4, -0.2) is 34.7 Å². The Labute approximate surface area is 120 Å². The molecule has 0 N–H and O–H groups in total. The van der Waals surface area contributed by atoms with Crippen LogP contribution in [-0.2, 0) is 13.1 Å². The Morgan fingerprint density at radius 1 is 1.05 bits per heavy atom. The number of likely N-dealkylation sites (tertiary alicyclic amines) is 1. The molecule has 1 aliphatic heterocycles. The quantitative estimate of drug-likeness (QED) is 0.837. The summed E-state index contributed by atoms with van der Waals surface area (Å²) in [6.07, 6.45) is 6.40. The lowest BCUT2D eigenvalue weighted by Gasteiger charge is -2.14. The fraction of sp³-hybridized carbons (Fsp3) is 0.438. The molecule has 106 valence electrons. The molecule has 4 nitrogen and oxygen atoms in total. The van der Waals surface area contributed by atoms with Crippen molar-refractivity contribution in [2.24, 2.45) is 0 Å². The van der Waals surface area contributed by atoms with Crippen LogP contribution in [0, 0.1) is 0 Å². The zero-order valence-electron chi connectivity index (χ0n) is 12.0. The van der Waals surface area contributed by atoms with E-state index in [1.165, 1.54) is 37.1 Å². The molecule has 1 aromatic heterocycles. The van der Waals surface area contributed by atoms with Crippen LogP contribution in [0.1, 0.15) is 24.0 Å². The minimum Gasteiger partial charge on any atom is -0.468 e. The first-order valence-corrected chi connectivity index (χ1v) is 7.20. The zero-order valence-corrected chi connectivity index (χ0v) is 12.0. The van der Waals surface area contributed by atoms with Crippen molar-refractivity contribution in [3.8, 4) is 6.01 Å². The molecule has 2 aromatic rings. The maximum absolute atomic E-state index is 5.22. The van der Waals surface area contributed by atoms with Gasteiger partial charge in [-0.3, -0.25) is 9.47 Å². The molecule has 0 spiro atoms. The van der Waals surface area contributed by atoms with Crippen molar-refractivity contribution in [2.75, 3.05) is 20.2 Å². The van der Waals surface area contributed by atoms with Crippen LogP contribution >= 0.6 is 0 Å². The number of imidazole rings is 1. The second kappa shape index (κ2) is 6.09. The highest BCUT2D eigenvalue weighted by molar-refractivity contribution is 5.23. The number of benzene rings is 1. The molecule has 3 rings (SSSR count). The largest absolute Gasteiger partial charge is 0.468 e. The van der Waals surface area contributed by atoms with Gasteiger partial charge in [-0.05, 0) is 37.1 Å². The van der Waals surface area contributed by atoms with Crippen molar-refractivity contribution >= 4 is 0 Å². The maximum Gasteiger partial charge on any atom is 0.296 e. The molecule has 1 fully saturated rings. The van der Waals surface area contributed by atoms with Crippen molar-refractivity contribution in [3.63, 3.8) is 0 Å². The third-order valence-corrected chi connectivity index (χ3v) is 3.84. The van der Waals surface area contributed by atoms with E-state index < -0.39 is 0 Å². The highest BCUT2D eigenvalue weighted by Crippen LogP contribution is 2.15. The Morgan fingerprint density at radius 3 is 2.35 bits per heavy atom. The molecule has 1 saturated heterocycles. The molecule has 0 bridgehead atoms. The smallest absolute Gasteiger partial charge is 0.296 e. The zero-order chi connectivity index (χ0) is 13.8. The highest BCUT2D eigenvalue weighted by Gasteiger charge is 2.11. The minimum absolute atomic E-state index is 0.658. The number of hydrogen-bond acceptors (Lipinski definition) is 3. The van der Waals surface area contributed by atoms with Gasteiger partial charge in [0.15, 0.2) is 0 Å². The Morgan fingerprint density at radius 2 is 1.70 bits per heavy atom. The Kier molecular flexibility index (Phi) is 4.02. The lowest BCUT2D eigenvalue weighted by Crippen LogP contribution is -2.18. The van der Waals surface area contributed by atoms with E-state index in [1.54, 1.807) is 13.3 Å². The van der Waals surface area contributed by atoms with Gasteiger partial charge in [-0.15, -0.1) is 0 Å². The van der Waals surface area contributed by atoms with Gasteiger partial charge in [0.25, 0.3) is 6.01 Å². The van der Waals surface area contributed by atoms with Crippen LogP contribution < -0.4 is 4.74 Å². The molecule has 0 atom stereocenters. The van der Waals surface area contributed by atoms with E-state index in [2.05, 4.69) is 34.1 Å². The van der Waals surface area contributed by atoms with Gasteiger partial charge in [0.05, 0.1) is 13.7 Å². The monoisotopic (exact) mass is 271 g/mol. The molecule has 0 saturated carbocycles. The van der Waals surface area contributed by atoms with E-state index in [9.17, 15) is 0 Å². The average molecular weight is 271 g/mol. The van der Waals surface area contributed by atoms with Gasteiger partial charge >= 0.3 is 0 Å². The standard InChI is InChI=1S/C16H21N3O/c1-20-16-17-8-11-19(16)13-15-6-4-14(5-7-15)12-18-9-2-3-10-18/h4-8,11H,2-3,9-10,12-13H2,1H3. The lowest BCUT2D eigenvalue weighted by molar-refractivity contribution is 0.331. The molecular formula is C16H21N3O. The first-order valence-electron chi connectivity index (χ1n) is 7.20. The van der Waals surface area contributed by atoms with E-state index >= 15 is 0 Å². The molecule has 0 aliphatic carbocycles. The first kappa shape index (κ1) is 13.2. The molecule has 0 unspecified atom stereocenters. The summed E-state index contributed by atoms with van der Waals surface area (Å²) in [6, 6.07) is 9.52. The van der Waals surface area contributed by atoms with Gasteiger partial charge in [0.1, 0.15) is 0 Å². The van der Waals surface area contributed by atoms with Crippen LogP contribution in [0.2, 0.25) is 0 Å². The molecule has 0 amide bonds. The second-order valence-electron chi connectivity index (χ2n) is 5.34. The summed E-state index contributed by atoms with van der Waals surface area (Å²) < 4.78 is 7.22. The van der Waals surface area contributed by atoms with Crippen LogP contribution in [0.5, 0.6) is 6.01 Å². The first-order chi connectivity index (χ1) is 9.85. The van der Waals surface area contributed by atoms with E-state index in [0.29, 0.717) is 6.01 Å². The Hall–Kier alpha value is -1.81. The summed E-state index contributed by atoms with van der Waals surface area (Å²) in [5, 5.41) is 0. The van der Waals surface area contributed by atoms with Gasteiger partial charge in [0, 0.05) is 18.9 Å². The van der Waals surface area contributed by atoms with E-state index in [0.717, 1.165) is 13.1 Å². The van der Waals surface area contributed by atoms with Crippen LogP contribution in [0.3, 0.4) is 0 Å². The third kappa shape index (κ3) is 3.02. The van der Waals surface area contributed by atoms with Crippen LogP contribution in [0.4, 0.5) is 0 Å². The van der Waals surface area contributed by atoms with Crippen molar-refractivity contribution in [1.29, 1.82) is 0 Å². The number of aromatic nitrogens is 2. The summed E-state index contributed by atoms with van der Waals surface area (Å²) >= 11 is 0. The fourth-order valence-electron chi connectivity index (χ4n) is 2.75. The summed E-state index contributed by atoms with van der Waals surface area (Å²) in [5.74, 6) is 0. The number of ether oxygens (including phenoxy) is 1. The Balaban J connectivity index is 1.63. The van der Waals surface area contributed by atoms with E-state index in [-0.39, 0.29) is 0 Å². The summed E-state index contributed by atoms with van der Waals surface area (Å²) in [4.78, 5) is 6.67. The molecule has 1 aliphatic rings. The molecule has 2 heterocycles. The lowest BCUT2D eigenvalue weighted by atomic mass is 10.1. The number of rotatable bonds is 5. The van der Waals surface area contributed by atoms with Crippen molar-refractivity contribution in [1.82, 2.24) is 14.5 Å². The molecular weight excluding hydrogens is 250 g/mol. The molecule has 20 heavy (non-hydrogen) atoms. The van der Waals surface area contributed by atoms with Crippen molar-refractivity contribution < 1.29 is 4.74 Å². The maximum atomic E-state index is 5.22. The highest BCUT2D eigenvalue weighted by atomic mass is 16.5. The average Bonchev–Trinajstić information content (AvgIpc) is 3.12. The van der Waals surface area contributed by atoms with Gasteiger partial charge < -0.3 is 4.74 Å². The fourth-order valence-corrected chi connectivity index (χ4v) is 2.75. The molecule has 0 radical (unpaired) electrons. The van der Waals surface area contributed by atoms with Gasteiger partial charge in [-0.2, -0.15) is 0 Å². The normalized spacial score (nSPS) is 15.7. The third-order valence-electron chi connectivity index (χ3n) is 3.84. The van der Waals surface area contributed by atoms with E-state index in [1.807, 2.05) is 10.8 Å². The number of nitrogens with zero attached hydrogens (tertiary/aromatic N) is 3. The van der Waals surface area contributed by atoms with Gasteiger partial charge in [-0.25, -0.2) is 4.98 Å². The van der Waals surface area contributed by atoms with Crippen molar-refractivity contribution in [3.05, 3.63) is 47.8 Å². The SMILES string of the molecule is COc1nccn1Cc1ccc(CN2CCCC2)cc1. The predicted octanol–water partition coefficient (Wildman–Crippen LogP) is 2.54. The van der Waals surface area contributed by atoms with E-state index in [4.69, 9.17) is 4.74 Å². The summed E-state index contributed by atoms with van der Waals surface area (Å²) in [7, 11) is 1.65. The number of hydrogen-bond donors (Lipinski definition) is 0. The topological polar surface area (TPSA) is 30.3 Å². The van der Waals surface area contributed by atoms with Crippen LogP contribution in [0.15, 0.2) is 36.7 Å². The predicted molar refractivity (Wildman–Crippen MR) is 78.8 cm³/mol. The van der Waals surface area contributed by atoms with Crippen LogP contribution in [0.25, 0.3) is 0 Å². The minimum atomic E-state index is 0.658. The molecule has 1 aromatic carbocycles. The van der Waals surface area contributed by atoms with Gasteiger partial charge in [0.2, 0.25) is 0 Å². The Bertz CT molecular complexity index is 541. The molecule has 4 heteroatoms. The second-order valence-corrected chi connectivity index (χ2v) is 5.34. The summed E-state index contributed by atoms with van der Waals surface area (Å²) in [5.41, 5.74) is 2.67. The van der Waals surface area contributed by atoms with Crippen molar-refractivity contribution in [2.45, 2.75) is 25.9 Å². The summed E-state index contributed by atoms with van der Waals surface area (Å²) in [6.45, 7) is 4.36. The number of methoxy groups -OCH3 is 1.